The first-order valence-corrected chi connectivity index (χ1v) is 9.83. The topological polar surface area (TPSA) is 112 Å². The van der Waals surface area contributed by atoms with E-state index in [2.05, 4.69) is 25.7 Å². The molecular formula is C20H30N2O8. The third-order valence-electron chi connectivity index (χ3n) is 4.76. The van der Waals surface area contributed by atoms with Gasteiger partial charge in [-0.25, -0.2) is 0 Å². The summed E-state index contributed by atoms with van der Waals surface area (Å²) in [4.78, 5) is 51.5. The van der Waals surface area contributed by atoms with Crippen molar-refractivity contribution in [3.8, 4) is 0 Å². The predicted molar refractivity (Wildman–Crippen MR) is 104 cm³/mol. The van der Waals surface area contributed by atoms with Gasteiger partial charge in [0.2, 0.25) is 6.10 Å². The van der Waals surface area contributed by atoms with Gasteiger partial charge in [0.25, 0.3) is 12.2 Å². The Bertz CT molecular complexity index is 719. The second-order valence-electron chi connectivity index (χ2n) is 8.22. The summed E-state index contributed by atoms with van der Waals surface area (Å²) in [7, 11) is 0. The van der Waals surface area contributed by atoms with Crippen LogP contribution in [0.2, 0.25) is 0 Å². The number of esters is 3. The number of carbonyl (C=O) groups excluding carboxylic acids is 4. The molecule has 0 aromatic heterocycles. The molecule has 3 atom stereocenters. The zero-order valence-electron chi connectivity index (χ0n) is 18.3. The number of hydrogen-bond acceptors (Lipinski definition) is 9. The summed E-state index contributed by atoms with van der Waals surface area (Å²) in [6.07, 6.45) is -2.51. The third-order valence-corrected chi connectivity index (χ3v) is 4.76. The Kier molecular flexibility index (Phi) is 7.46. The SMILES string of the molecule is CC(=O)O[C@@H]1OC(C(=O)N2CCN(C(C)(C)C)CC2)=C[C@H](OC(C)=O)[C@H]1OC(C)=O. The maximum absolute atomic E-state index is 13.0. The fourth-order valence-electron chi connectivity index (χ4n) is 3.35. The molecule has 0 spiro atoms. The smallest absolute Gasteiger partial charge is 0.305 e. The lowest BCUT2D eigenvalue weighted by atomic mass is 10.0. The molecule has 30 heavy (non-hydrogen) atoms. The maximum Gasteiger partial charge on any atom is 0.305 e. The Morgan fingerprint density at radius 1 is 0.900 bits per heavy atom. The quantitative estimate of drug-likeness (QED) is 0.471. The summed E-state index contributed by atoms with van der Waals surface area (Å²) in [6.45, 7) is 12.2. The van der Waals surface area contributed by atoms with E-state index in [0.717, 1.165) is 13.8 Å². The van der Waals surface area contributed by atoms with Gasteiger partial charge < -0.3 is 23.8 Å². The molecule has 2 aliphatic rings. The van der Waals surface area contributed by atoms with Gasteiger partial charge in [0, 0.05) is 58.6 Å². The van der Waals surface area contributed by atoms with Crippen molar-refractivity contribution in [2.75, 3.05) is 26.2 Å². The highest BCUT2D eigenvalue weighted by Crippen LogP contribution is 2.27. The molecule has 10 nitrogen and oxygen atoms in total. The van der Waals surface area contributed by atoms with Gasteiger partial charge in [-0.1, -0.05) is 0 Å². The van der Waals surface area contributed by atoms with Crippen molar-refractivity contribution in [3.63, 3.8) is 0 Å². The first-order chi connectivity index (χ1) is 13.9. The third kappa shape index (κ3) is 6.19. The molecule has 2 rings (SSSR count). The maximum atomic E-state index is 13.0. The van der Waals surface area contributed by atoms with Gasteiger partial charge in [-0.15, -0.1) is 0 Å². The van der Waals surface area contributed by atoms with Crippen LogP contribution in [0.5, 0.6) is 0 Å². The highest BCUT2D eigenvalue weighted by Gasteiger charge is 2.44. The van der Waals surface area contributed by atoms with Crippen LogP contribution in [-0.4, -0.2) is 83.8 Å². The van der Waals surface area contributed by atoms with Crippen molar-refractivity contribution in [1.82, 2.24) is 9.80 Å². The molecule has 0 saturated carbocycles. The Hall–Kier alpha value is -2.62. The van der Waals surface area contributed by atoms with Crippen molar-refractivity contribution < 1.29 is 38.1 Å². The number of ether oxygens (including phenoxy) is 4. The van der Waals surface area contributed by atoms with Gasteiger partial charge in [0.05, 0.1) is 0 Å². The molecule has 0 aromatic rings. The monoisotopic (exact) mass is 426 g/mol. The molecule has 0 bridgehead atoms. The second-order valence-corrected chi connectivity index (χ2v) is 8.22. The number of piperazine rings is 1. The van der Waals surface area contributed by atoms with Gasteiger partial charge in [-0.05, 0) is 20.8 Å². The van der Waals surface area contributed by atoms with Crippen LogP contribution in [0.4, 0.5) is 0 Å². The largest absolute Gasteiger partial charge is 0.454 e. The van der Waals surface area contributed by atoms with E-state index in [1.807, 2.05) is 0 Å². The van der Waals surface area contributed by atoms with E-state index in [9.17, 15) is 19.2 Å². The van der Waals surface area contributed by atoms with Gasteiger partial charge in [0.15, 0.2) is 11.9 Å². The Balaban J connectivity index is 2.23. The lowest BCUT2D eigenvalue weighted by Crippen LogP contribution is -2.56. The van der Waals surface area contributed by atoms with Gasteiger partial charge in [-0.3, -0.25) is 24.1 Å². The molecule has 1 fully saturated rings. The van der Waals surface area contributed by atoms with E-state index in [0.29, 0.717) is 26.2 Å². The average molecular weight is 426 g/mol. The zero-order chi connectivity index (χ0) is 22.6. The zero-order valence-corrected chi connectivity index (χ0v) is 18.3. The number of carbonyl (C=O) groups is 4. The number of hydrogen-bond donors (Lipinski definition) is 0. The first-order valence-electron chi connectivity index (χ1n) is 9.83. The molecule has 0 unspecified atom stereocenters. The molecule has 2 heterocycles. The summed E-state index contributed by atoms with van der Waals surface area (Å²) < 4.78 is 21.0. The summed E-state index contributed by atoms with van der Waals surface area (Å²) in [5.74, 6) is -2.58. The minimum Gasteiger partial charge on any atom is -0.454 e. The number of amides is 1. The van der Waals surface area contributed by atoms with E-state index in [-0.39, 0.29) is 11.3 Å². The van der Waals surface area contributed by atoms with Crippen molar-refractivity contribution in [3.05, 3.63) is 11.8 Å². The fourth-order valence-corrected chi connectivity index (χ4v) is 3.35. The van der Waals surface area contributed by atoms with Crippen LogP contribution in [0.1, 0.15) is 41.5 Å². The normalized spacial score (nSPS) is 24.9. The summed E-state index contributed by atoms with van der Waals surface area (Å²) >= 11 is 0. The molecule has 168 valence electrons. The Morgan fingerprint density at radius 3 is 1.90 bits per heavy atom. The van der Waals surface area contributed by atoms with Crippen molar-refractivity contribution >= 4 is 23.8 Å². The van der Waals surface area contributed by atoms with E-state index >= 15 is 0 Å². The second kappa shape index (κ2) is 9.46. The molecule has 10 heteroatoms. The lowest BCUT2D eigenvalue weighted by molar-refractivity contribution is -0.223. The highest BCUT2D eigenvalue weighted by atomic mass is 16.7. The van der Waals surface area contributed by atoms with E-state index in [1.54, 1.807) is 4.90 Å². The lowest BCUT2D eigenvalue weighted by Gasteiger charge is -2.42. The van der Waals surface area contributed by atoms with E-state index in [4.69, 9.17) is 18.9 Å². The molecule has 0 aliphatic carbocycles. The standard InChI is InChI=1S/C20H30N2O8/c1-12(23)27-15-11-16(30-19(29-14(3)25)17(15)28-13(2)24)18(26)21-7-9-22(10-8-21)20(4,5)6/h11,15,17,19H,7-10H2,1-6H3/t15-,17+,19+/m0/s1. The number of rotatable bonds is 4. The predicted octanol–water partition coefficient (Wildman–Crippen LogP) is 0.596. The Morgan fingerprint density at radius 2 is 1.43 bits per heavy atom. The van der Waals surface area contributed by atoms with Crippen LogP contribution < -0.4 is 0 Å². The van der Waals surface area contributed by atoms with Crippen molar-refractivity contribution in [1.29, 1.82) is 0 Å². The van der Waals surface area contributed by atoms with Crippen LogP contribution in [0, 0.1) is 0 Å². The van der Waals surface area contributed by atoms with Crippen molar-refractivity contribution in [2.45, 2.75) is 65.6 Å². The fraction of sp³-hybridized carbons (Fsp3) is 0.700. The minimum absolute atomic E-state index is 0.00611. The van der Waals surface area contributed by atoms with Crippen LogP contribution in [0.25, 0.3) is 0 Å². The minimum atomic E-state index is -1.42. The van der Waals surface area contributed by atoms with Gasteiger partial charge in [0.1, 0.15) is 0 Å². The molecular weight excluding hydrogens is 396 g/mol. The highest BCUT2D eigenvalue weighted by molar-refractivity contribution is 5.92. The van der Waals surface area contributed by atoms with E-state index in [1.165, 1.54) is 13.0 Å². The molecule has 2 aliphatic heterocycles. The molecule has 0 radical (unpaired) electrons. The summed E-state index contributed by atoms with van der Waals surface area (Å²) in [6, 6.07) is 0. The molecule has 0 N–H and O–H groups in total. The van der Waals surface area contributed by atoms with Crippen LogP contribution in [0.3, 0.4) is 0 Å². The average Bonchev–Trinajstić information content (AvgIpc) is 2.61. The summed E-state index contributed by atoms with van der Waals surface area (Å²) in [5.41, 5.74) is -0.00611. The Labute approximate surface area is 176 Å². The van der Waals surface area contributed by atoms with Crippen molar-refractivity contribution in [2.24, 2.45) is 0 Å². The molecule has 1 amide bonds. The summed E-state index contributed by atoms with van der Waals surface area (Å²) in [5, 5.41) is 0. The van der Waals surface area contributed by atoms with Crippen LogP contribution >= 0.6 is 0 Å². The van der Waals surface area contributed by atoms with Crippen LogP contribution in [-0.2, 0) is 38.1 Å². The number of nitrogens with zero attached hydrogens (tertiary/aromatic N) is 2. The van der Waals surface area contributed by atoms with Gasteiger partial charge >= 0.3 is 17.9 Å². The van der Waals surface area contributed by atoms with Gasteiger partial charge in [-0.2, -0.15) is 0 Å². The molecule has 0 aromatic carbocycles. The first kappa shape index (κ1) is 23.7. The van der Waals surface area contributed by atoms with Crippen LogP contribution in [0.15, 0.2) is 11.8 Å². The van der Waals surface area contributed by atoms with E-state index < -0.39 is 42.3 Å². The molecule has 1 saturated heterocycles.